The van der Waals surface area contributed by atoms with Crippen molar-refractivity contribution in [1.29, 1.82) is 0 Å². The van der Waals surface area contributed by atoms with E-state index < -0.39 is 0 Å². The molecule has 0 spiro atoms. The minimum Gasteiger partial charge on any atom is -0.330 e. The molecule has 0 saturated heterocycles. The van der Waals surface area contributed by atoms with Crippen LogP contribution in [0.25, 0.3) is 5.69 Å². The van der Waals surface area contributed by atoms with Crippen LogP contribution in [-0.2, 0) is 0 Å². The number of anilines is 1. The Balaban J connectivity index is 1.77. The molecule has 0 aliphatic carbocycles. The fourth-order valence-corrected chi connectivity index (χ4v) is 2.70. The fraction of sp³-hybridized carbons (Fsp3) is 0.211. The van der Waals surface area contributed by atoms with Gasteiger partial charge in [0.2, 0.25) is 0 Å². The SMILES string of the molecule is Cc1cc(C)n(-c2ccccc2NC(=O)N[C@H](C)c2ccccn2)n1. The van der Waals surface area contributed by atoms with Gasteiger partial charge in [-0.3, -0.25) is 4.98 Å². The molecule has 1 atom stereocenters. The number of para-hydroxylation sites is 2. The van der Waals surface area contributed by atoms with Gasteiger partial charge in [0.1, 0.15) is 0 Å². The van der Waals surface area contributed by atoms with E-state index in [1.807, 2.05) is 74.0 Å². The van der Waals surface area contributed by atoms with E-state index in [0.29, 0.717) is 5.69 Å². The molecule has 2 N–H and O–H groups in total. The third-order valence-corrected chi connectivity index (χ3v) is 3.87. The van der Waals surface area contributed by atoms with Gasteiger partial charge in [0.25, 0.3) is 0 Å². The normalized spacial score (nSPS) is 11.8. The molecular weight excluding hydrogens is 314 g/mol. The molecule has 2 aromatic heterocycles. The summed E-state index contributed by atoms with van der Waals surface area (Å²) >= 11 is 0. The number of urea groups is 1. The lowest BCUT2D eigenvalue weighted by Gasteiger charge is -2.16. The van der Waals surface area contributed by atoms with E-state index in [-0.39, 0.29) is 12.1 Å². The molecule has 0 saturated carbocycles. The van der Waals surface area contributed by atoms with Crippen molar-refractivity contribution in [2.45, 2.75) is 26.8 Å². The summed E-state index contributed by atoms with van der Waals surface area (Å²) in [4.78, 5) is 16.7. The molecule has 0 bridgehead atoms. The van der Waals surface area contributed by atoms with Gasteiger partial charge in [0.05, 0.1) is 28.8 Å². The zero-order valence-corrected chi connectivity index (χ0v) is 14.5. The summed E-state index contributed by atoms with van der Waals surface area (Å²) in [6.07, 6.45) is 1.71. The van der Waals surface area contributed by atoms with E-state index in [2.05, 4.69) is 20.7 Å². The van der Waals surface area contributed by atoms with E-state index in [1.165, 1.54) is 0 Å². The van der Waals surface area contributed by atoms with Gasteiger partial charge in [-0.1, -0.05) is 18.2 Å². The van der Waals surface area contributed by atoms with E-state index in [4.69, 9.17) is 0 Å². The molecule has 3 aromatic rings. The maximum absolute atomic E-state index is 12.4. The number of pyridine rings is 1. The zero-order chi connectivity index (χ0) is 17.8. The van der Waals surface area contributed by atoms with Gasteiger partial charge >= 0.3 is 6.03 Å². The number of nitrogens with one attached hydrogen (secondary N) is 2. The number of nitrogens with zero attached hydrogens (tertiary/aromatic N) is 3. The molecule has 25 heavy (non-hydrogen) atoms. The van der Waals surface area contributed by atoms with Crippen molar-refractivity contribution in [2.24, 2.45) is 0 Å². The number of carbonyl (C=O) groups excluding carboxylic acids is 1. The number of benzene rings is 1. The van der Waals surface area contributed by atoms with Crippen molar-refractivity contribution in [1.82, 2.24) is 20.1 Å². The maximum Gasteiger partial charge on any atom is 0.319 e. The first-order valence-electron chi connectivity index (χ1n) is 8.15. The molecule has 0 aliphatic rings. The van der Waals surface area contributed by atoms with Gasteiger partial charge in [0.15, 0.2) is 0 Å². The highest BCUT2D eigenvalue weighted by Crippen LogP contribution is 2.21. The minimum atomic E-state index is -0.285. The van der Waals surface area contributed by atoms with Gasteiger partial charge in [-0.15, -0.1) is 0 Å². The average Bonchev–Trinajstić information content (AvgIpc) is 2.94. The molecule has 6 nitrogen and oxygen atoms in total. The van der Waals surface area contributed by atoms with E-state index in [0.717, 1.165) is 22.8 Å². The second-order valence-electron chi connectivity index (χ2n) is 5.93. The van der Waals surface area contributed by atoms with Crippen LogP contribution < -0.4 is 10.6 Å². The van der Waals surface area contributed by atoms with Crippen LogP contribution in [0.1, 0.15) is 30.0 Å². The molecule has 128 valence electrons. The molecule has 2 amide bonds. The largest absolute Gasteiger partial charge is 0.330 e. The van der Waals surface area contributed by atoms with Crippen LogP contribution in [-0.4, -0.2) is 20.8 Å². The zero-order valence-electron chi connectivity index (χ0n) is 14.5. The average molecular weight is 335 g/mol. The Kier molecular flexibility index (Phi) is 4.79. The van der Waals surface area contributed by atoms with Crippen molar-refractivity contribution in [2.75, 3.05) is 5.32 Å². The first-order valence-corrected chi connectivity index (χ1v) is 8.15. The number of hydrogen-bond donors (Lipinski definition) is 2. The number of carbonyl (C=O) groups is 1. The highest BCUT2D eigenvalue weighted by atomic mass is 16.2. The molecule has 0 aliphatic heterocycles. The topological polar surface area (TPSA) is 71.8 Å². The summed E-state index contributed by atoms with van der Waals surface area (Å²) in [5, 5.41) is 10.3. The standard InChI is InChI=1S/C19H21N5O/c1-13-12-14(2)24(23-13)18-10-5-4-9-17(18)22-19(25)21-15(3)16-8-6-7-11-20-16/h4-12,15H,1-3H3,(H2,21,22,25)/t15-/m1/s1. The maximum atomic E-state index is 12.4. The minimum absolute atomic E-state index is 0.193. The molecule has 1 aromatic carbocycles. The van der Waals surface area contributed by atoms with E-state index in [1.54, 1.807) is 6.20 Å². The van der Waals surface area contributed by atoms with Crippen LogP contribution in [0.3, 0.4) is 0 Å². The molecule has 3 rings (SSSR count). The molecule has 0 unspecified atom stereocenters. The quantitative estimate of drug-likeness (QED) is 0.762. The molecule has 6 heteroatoms. The van der Waals surface area contributed by atoms with Gasteiger partial charge < -0.3 is 10.6 Å². The second-order valence-corrected chi connectivity index (χ2v) is 5.93. The first-order chi connectivity index (χ1) is 12.0. The number of aryl methyl sites for hydroxylation is 2. The number of hydrogen-bond acceptors (Lipinski definition) is 3. The van der Waals surface area contributed by atoms with Crippen molar-refractivity contribution in [3.05, 3.63) is 71.8 Å². The lowest BCUT2D eigenvalue weighted by Crippen LogP contribution is -2.32. The fourth-order valence-electron chi connectivity index (χ4n) is 2.70. The Morgan fingerprint density at radius 3 is 2.56 bits per heavy atom. The van der Waals surface area contributed by atoms with Gasteiger partial charge in [-0.2, -0.15) is 5.10 Å². The predicted molar refractivity (Wildman–Crippen MR) is 97.8 cm³/mol. The molecule has 2 heterocycles. The van der Waals surface area contributed by atoms with E-state index in [9.17, 15) is 4.79 Å². The summed E-state index contributed by atoms with van der Waals surface area (Å²) in [6.45, 7) is 5.83. The smallest absolute Gasteiger partial charge is 0.319 e. The Bertz CT molecular complexity index is 873. The lowest BCUT2D eigenvalue weighted by atomic mass is 10.2. The highest BCUT2D eigenvalue weighted by Gasteiger charge is 2.13. The van der Waals surface area contributed by atoms with Crippen LogP contribution in [0.5, 0.6) is 0 Å². The second kappa shape index (κ2) is 7.17. The summed E-state index contributed by atoms with van der Waals surface area (Å²) in [7, 11) is 0. The third kappa shape index (κ3) is 3.85. The van der Waals surface area contributed by atoms with Crippen LogP contribution in [0.2, 0.25) is 0 Å². The predicted octanol–water partition coefficient (Wildman–Crippen LogP) is 3.77. The van der Waals surface area contributed by atoms with E-state index >= 15 is 0 Å². The van der Waals surface area contributed by atoms with Crippen molar-refractivity contribution < 1.29 is 4.79 Å². The number of amides is 2. The summed E-state index contributed by atoms with van der Waals surface area (Å²) in [5.41, 5.74) is 4.27. The molecule has 0 fully saturated rings. The summed E-state index contributed by atoms with van der Waals surface area (Å²) in [5.74, 6) is 0. The van der Waals surface area contributed by atoms with Gasteiger partial charge in [-0.25, -0.2) is 9.48 Å². The Hall–Kier alpha value is -3.15. The van der Waals surface area contributed by atoms with Gasteiger partial charge in [0, 0.05) is 11.9 Å². The molecular formula is C19H21N5O. The molecule has 0 radical (unpaired) electrons. The Morgan fingerprint density at radius 1 is 1.12 bits per heavy atom. The third-order valence-electron chi connectivity index (χ3n) is 3.87. The van der Waals surface area contributed by atoms with Crippen molar-refractivity contribution in [3.8, 4) is 5.69 Å². The number of rotatable bonds is 4. The summed E-state index contributed by atoms with van der Waals surface area (Å²) < 4.78 is 1.83. The summed E-state index contributed by atoms with van der Waals surface area (Å²) in [6, 6.07) is 14.7. The van der Waals surface area contributed by atoms with Gasteiger partial charge in [-0.05, 0) is 51.1 Å². The van der Waals surface area contributed by atoms with Crippen LogP contribution in [0.15, 0.2) is 54.7 Å². The Labute approximate surface area is 146 Å². The van der Waals surface area contributed by atoms with Crippen LogP contribution >= 0.6 is 0 Å². The van der Waals surface area contributed by atoms with Crippen LogP contribution in [0.4, 0.5) is 10.5 Å². The lowest BCUT2D eigenvalue weighted by molar-refractivity contribution is 0.249. The van der Waals surface area contributed by atoms with Crippen molar-refractivity contribution >= 4 is 11.7 Å². The Morgan fingerprint density at radius 2 is 1.88 bits per heavy atom. The number of aromatic nitrogens is 3. The van der Waals surface area contributed by atoms with Crippen LogP contribution in [0, 0.1) is 13.8 Å². The van der Waals surface area contributed by atoms with Crippen molar-refractivity contribution in [3.63, 3.8) is 0 Å². The monoisotopic (exact) mass is 335 g/mol. The highest BCUT2D eigenvalue weighted by molar-refractivity contribution is 5.91. The first kappa shape index (κ1) is 16.7.